The molecule has 0 spiro atoms. The van der Waals surface area contributed by atoms with Gasteiger partial charge in [0, 0.05) is 88.1 Å². The number of ketones is 2. The molecule has 0 fully saturated rings. The van der Waals surface area contributed by atoms with E-state index in [0.717, 1.165) is 0 Å². The molecule has 14 nitrogen and oxygen atoms in total. The van der Waals surface area contributed by atoms with Crippen molar-refractivity contribution in [2.24, 2.45) is 21.5 Å². The van der Waals surface area contributed by atoms with Crippen LogP contribution in [0.4, 0.5) is 8.78 Å². The van der Waals surface area contributed by atoms with Gasteiger partial charge in [0.05, 0.1) is 11.4 Å². The first-order valence-corrected chi connectivity index (χ1v) is 19.7. The Morgan fingerprint density at radius 1 is 0.603 bits per heavy atom. The second-order valence-corrected chi connectivity index (χ2v) is 14.8. The van der Waals surface area contributed by atoms with Crippen molar-refractivity contribution in [3.05, 3.63) is 155 Å². The largest absolute Gasteiger partial charge is 0.369 e. The van der Waals surface area contributed by atoms with Crippen molar-refractivity contribution >= 4 is 48.8 Å². The molecule has 2 aliphatic heterocycles. The van der Waals surface area contributed by atoms with E-state index in [0.29, 0.717) is 69.0 Å². The van der Waals surface area contributed by atoms with E-state index in [1.807, 2.05) is 13.8 Å². The van der Waals surface area contributed by atoms with Gasteiger partial charge in [-0.3, -0.25) is 29.0 Å². The van der Waals surface area contributed by atoms with E-state index < -0.39 is 23.0 Å². The zero-order valence-electron chi connectivity index (χ0n) is 35.4. The molecule has 6 heterocycles. The minimum Gasteiger partial charge on any atom is -0.369 e. The van der Waals surface area contributed by atoms with Gasteiger partial charge in [-0.05, 0) is 84.6 Å². The van der Waals surface area contributed by atoms with Gasteiger partial charge >= 0.3 is 0 Å². The molecule has 2 aliphatic rings. The maximum atomic E-state index is 14.3. The lowest BCUT2D eigenvalue weighted by Crippen LogP contribution is -2.41. The van der Waals surface area contributed by atoms with Gasteiger partial charge in [0.15, 0.2) is 34.6 Å². The van der Waals surface area contributed by atoms with Crippen LogP contribution in [0.15, 0.2) is 120 Å². The molecular weight excluding hydrogens is 827 g/mol. The number of guanidine groups is 2. The summed E-state index contributed by atoms with van der Waals surface area (Å²) in [5.41, 5.74) is 13.9. The van der Waals surface area contributed by atoms with E-state index in [9.17, 15) is 28.0 Å². The summed E-state index contributed by atoms with van der Waals surface area (Å²) in [6, 6.07) is 23.8. The lowest BCUT2D eigenvalue weighted by atomic mass is 9.83. The van der Waals surface area contributed by atoms with Crippen LogP contribution >= 0.6 is 13.5 Å². The Labute approximate surface area is 369 Å². The molecule has 0 saturated heterocycles. The number of pyridine rings is 2. The van der Waals surface area contributed by atoms with Gasteiger partial charge in [0.1, 0.15) is 0 Å². The molecule has 1 unspecified atom stereocenters. The maximum absolute atomic E-state index is 14.3. The van der Waals surface area contributed by atoms with E-state index in [4.69, 9.17) is 11.5 Å². The summed E-state index contributed by atoms with van der Waals surface area (Å²) in [7, 11) is 3.10. The van der Waals surface area contributed by atoms with E-state index in [1.54, 1.807) is 121 Å². The first kappa shape index (κ1) is 45.3. The lowest BCUT2D eigenvalue weighted by molar-refractivity contribution is -0.130. The highest BCUT2D eigenvalue weighted by molar-refractivity contribution is 7.59. The molecule has 63 heavy (non-hydrogen) atoms. The van der Waals surface area contributed by atoms with Gasteiger partial charge in [-0.1, -0.05) is 36.4 Å². The number of Topliss-reactive ketones (excluding diaryl/α,β-unsaturated/α-hetero) is 2. The average Bonchev–Trinajstić information content (AvgIpc) is 4.02. The van der Waals surface area contributed by atoms with Crippen molar-refractivity contribution in [2.75, 3.05) is 14.1 Å². The summed E-state index contributed by atoms with van der Waals surface area (Å²) in [5.74, 6) is -2.02. The topological polar surface area (TPSA) is 187 Å². The number of aliphatic imine (C=N–C) groups is 2. The van der Waals surface area contributed by atoms with Crippen LogP contribution in [0.2, 0.25) is 0 Å². The number of aryl methyl sites for hydroxylation is 2. The number of nitrogens with zero attached hydrogens (tertiary/aromatic N) is 8. The van der Waals surface area contributed by atoms with Crippen LogP contribution in [0, 0.1) is 11.9 Å². The number of amides is 2. The summed E-state index contributed by atoms with van der Waals surface area (Å²) in [4.78, 5) is 70.4. The summed E-state index contributed by atoms with van der Waals surface area (Å²) in [6.07, 6.45) is 6.26. The highest BCUT2D eigenvalue weighted by Gasteiger charge is 2.52. The maximum Gasteiger partial charge on any atom is 0.266 e. The Kier molecular flexibility index (Phi) is 12.6. The van der Waals surface area contributed by atoms with Gasteiger partial charge in [0.25, 0.3) is 11.8 Å². The number of nitrogens with two attached hydrogens (primary N) is 2. The fraction of sp³-hybridized carbons (Fsp3) is 0.217. The van der Waals surface area contributed by atoms with Crippen LogP contribution < -0.4 is 11.5 Å². The summed E-state index contributed by atoms with van der Waals surface area (Å²) in [6.45, 7) is 7.88. The number of carbonyl (C=O) groups is 4. The third-order valence-corrected chi connectivity index (χ3v) is 11.2. The smallest absolute Gasteiger partial charge is 0.266 e. The second kappa shape index (κ2) is 17.6. The number of hydrogen-bond acceptors (Lipinski definition) is 10. The number of rotatable bonds is 10. The van der Waals surface area contributed by atoms with Crippen molar-refractivity contribution in [2.45, 2.75) is 51.9 Å². The fourth-order valence-electron chi connectivity index (χ4n) is 7.93. The Balaban J connectivity index is 0.000000206. The summed E-state index contributed by atoms with van der Waals surface area (Å²) >= 11 is 0. The lowest BCUT2D eigenvalue weighted by Gasteiger charge is -2.25. The van der Waals surface area contributed by atoms with Gasteiger partial charge in [-0.15, -0.1) is 0 Å². The van der Waals surface area contributed by atoms with Crippen LogP contribution in [-0.2, 0) is 33.8 Å². The number of benzene rings is 2. The SMILES string of the molecule is CCn1cc(C2(c3cccc(-c4cccnc4F)c3)N=C(N)N(C)C2=O)cc1C(C)=O.CCn1cc([C@]2(c3cccc(-c4cccnc4F)c3)N=C(N)N(C)C2=O)cc1C(C)=O.S. The van der Waals surface area contributed by atoms with Crippen molar-refractivity contribution in [1.82, 2.24) is 28.9 Å². The van der Waals surface area contributed by atoms with Gasteiger partial charge in [0.2, 0.25) is 11.9 Å². The van der Waals surface area contributed by atoms with Crippen molar-refractivity contribution < 1.29 is 28.0 Å². The summed E-state index contributed by atoms with van der Waals surface area (Å²) < 4.78 is 32.2. The van der Waals surface area contributed by atoms with E-state index in [2.05, 4.69) is 20.0 Å². The van der Waals surface area contributed by atoms with Crippen LogP contribution in [0.3, 0.4) is 0 Å². The molecule has 4 N–H and O–H groups in total. The normalized spacial score (nSPS) is 18.1. The number of aromatic nitrogens is 4. The minimum atomic E-state index is -1.47. The minimum absolute atomic E-state index is 0. The Morgan fingerprint density at radius 3 is 1.27 bits per heavy atom. The predicted molar refractivity (Wildman–Crippen MR) is 240 cm³/mol. The first-order valence-electron chi connectivity index (χ1n) is 19.7. The molecule has 4 aromatic heterocycles. The summed E-state index contributed by atoms with van der Waals surface area (Å²) in [5, 5.41) is 0. The molecule has 2 aromatic carbocycles. The zero-order chi connectivity index (χ0) is 44.7. The number of likely N-dealkylation sites (N-methyl/N-ethyl adjacent to an activating group) is 2. The molecule has 324 valence electrons. The number of hydrogen-bond donors (Lipinski definition) is 2. The number of halogens is 2. The Morgan fingerprint density at radius 2 is 0.984 bits per heavy atom. The van der Waals surface area contributed by atoms with Crippen LogP contribution in [0.1, 0.15) is 70.9 Å². The highest BCUT2D eigenvalue weighted by Crippen LogP contribution is 2.43. The molecule has 6 aromatic rings. The molecule has 0 bridgehead atoms. The molecule has 0 aliphatic carbocycles. The Bertz CT molecular complexity index is 2660. The van der Waals surface area contributed by atoms with Crippen molar-refractivity contribution in [3.63, 3.8) is 0 Å². The number of carbonyl (C=O) groups excluding carboxylic acids is 4. The monoisotopic (exact) mass is 872 g/mol. The third kappa shape index (κ3) is 7.68. The molecule has 17 heteroatoms. The van der Waals surface area contributed by atoms with E-state index in [1.165, 1.54) is 36.0 Å². The van der Waals surface area contributed by atoms with Gasteiger partial charge in [-0.2, -0.15) is 22.3 Å². The van der Waals surface area contributed by atoms with E-state index in [-0.39, 0.29) is 48.8 Å². The van der Waals surface area contributed by atoms with Crippen LogP contribution in [-0.4, -0.2) is 78.3 Å². The van der Waals surface area contributed by atoms with E-state index >= 15 is 0 Å². The molecule has 2 amide bonds. The molecule has 0 saturated carbocycles. The first-order chi connectivity index (χ1) is 29.6. The zero-order valence-corrected chi connectivity index (χ0v) is 36.4. The highest BCUT2D eigenvalue weighted by atomic mass is 32.1. The molecule has 8 rings (SSSR count). The van der Waals surface area contributed by atoms with Crippen molar-refractivity contribution in [1.29, 1.82) is 0 Å². The molecule has 0 radical (unpaired) electrons. The van der Waals surface area contributed by atoms with Crippen LogP contribution in [0.25, 0.3) is 22.3 Å². The molecule has 2 atom stereocenters. The Hall–Kier alpha value is -7.27. The average molecular weight is 873 g/mol. The second-order valence-electron chi connectivity index (χ2n) is 14.8. The van der Waals surface area contributed by atoms with Gasteiger partial charge in [-0.25, -0.2) is 20.0 Å². The quantitative estimate of drug-likeness (QED) is 0.124. The standard InChI is InChI=1S/2C23H22FN5O2.H2S/c2*1-4-29-13-17(12-19(29)14(2)30)23(21(31)28(3)22(25)27-23)16-8-5-7-15(11-16)18-9-6-10-26-20(18)24;/h2*5-13H,4H2,1-3H3,(H2,25,27);1H2/t23-;;/m0../s1. The predicted octanol–water partition coefficient (Wildman–Crippen LogP) is 6.00. The van der Waals surface area contributed by atoms with Crippen LogP contribution in [0.5, 0.6) is 0 Å². The molecular formula is C46H46F2N10O4S. The van der Waals surface area contributed by atoms with Gasteiger partial charge < -0.3 is 20.6 Å². The third-order valence-electron chi connectivity index (χ3n) is 11.2. The van der Waals surface area contributed by atoms with Crippen molar-refractivity contribution in [3.8, 4) is 22.3 Å². The fourth-order valence-corrected chi connectivity index (χ4v) is 7.93.